The van der Waals surface area contributed by atoms with Gasteiger partial charge in [0.25, 0.3) is 0 Å². The Hall–Kier alpha value is -2.47. The molecule has 0 bridgehead atoms. The number of ketones is 1. The van der Waals surface area contributed by atoms with Crippen molar-refractivity contribution in [2.75, 3.05) is 18.0 Å². The first kappa shape index (κ1) is 18.3. The van der Waals surface area contributed by atoms with Gasteiger partial charge in [-0.1, -0.05) is 24.3 Å². The van der Waals surface area contributed by atoms with Gasteiger partial charge in [-0.3, -0.25) is 14.4 Å². The molecule has 1 N–H and O–H groups in total. The zero-order valence-corrected chi connectivity index (χ0v) is 15.4. The van der Waals surface area contributed by atoms with Crippen molar-refractivity contribution in [1.29, 1.82) is 0 Å². The molecule has 0 spiro atoms. The maximum Gasteiger partial charge on any atom is 0.227 e. The number of nitrogens with zero attached hydrogens (tertiary/aromatic N) is 1. The van der Waals surface area contributed by atoms with Crippen molar-refractivity contribution >= 4 is 34.6 Å². The van der Waals surface area contributed by atoms with Gasteiger partial charge in [-0.05, 0) is 35.9 Å². The van der Waals surface area contributed by atoms with E-state index in [4.69, 9.17) is 0 Å². The van der Waals surface area contributed by atoms with Crippen LogP contribution in [0.5, 0.6) is 0 Å². The van der Waals surface area contributed by atoms with E-state index in [0.29, 0.717) is 24.3 Å². The first-order chi connectivity index (χ1) is 12.6. The van der Waals surface area contributed by atoms with Gasteiger partial charge in [0.1, 0.15) is 0 Å². The highest BCUT2D eigenvalue weighted by molar-refractivity contribution is 7.12. The van der Waals surface area contributed by atoms with Crippen LogP contribution in [0.15, 0.2) is 41.8 Å². The van der Waals surface area contributed by atoms with E-state index < -0.39 is 0 Å². The molecule has 0 radical (unpaired) electrons. The summed E-state index contributed by atoms with van der Waals surface area (Å²) >= 11 is 1.39. The van der Waals surface area contributed by atoms with Crippen molar-refractivity contribution in [3.05, 3.63) is 52.2 Å². The third kappa shape index (κ3) is 4.58. The van der Waals surface area contributed by atoms with Crippen LogP contribution < -0.4 is 10.2 Å². The fourth-order valence-electron chi connectivity index (χ4n) is 3.08. The number of anilines is 1. The Bertz CT molecular complexity index is 786. The molecule has 1 aliphatic heterocycles. The lowest BCUT2D eigenvalue weighted by molar-refractivity contribution is -0.122. The van der Waals surface area contributed by atoms with Crippen molar-refractivity contribution in [2.45, 2.75) is 32.1 Å². The number of thiophene rings is 1. The van der Waals surface area contributed by atoms with Gasteiger partial charge in [-0.25, -0.2) is 0 Å². The second-order valence-electron chi connectivity index (χ2n) is 6.28. The Kier molecular flexibility index (Phi) is 6.17. The standard InChI is InChI=1S/C20H22N2O3S/c23-17(18-7-4-14-26-18)9-10-19(24)21-12-3-8-20(25)22-13-11-15-5-1-2-6-16(15)22/h1-2,4-7,14H,3,8-13H2,(H,21,24). The molecule has 0 aliphatic carbocycles. The number of para-hydroxylation sites is 1. The summed E-state index contributed by atoms with van der Waals surface area (Å²) in [5.41, 5.74) is 2.22. The maximum atomic E-state index is 12.4. The highest BCUT2D eigenvalue weighted by Gasteiger charge is 2.23. The van der Waals surface area contributed by atoms with Crippen LogP contribution >= 0.6 is 11.3 Å². The number of benzene rings is 1. The second-order valence-corrected chi connectivity index (χ2v) is 7.23. The predicted molar refractivity (Wildman–Crippen MR) is 103 cm³/mol. The number of rotatable bonds is 8. The van der Waals surface area contributed by atoms with E-state index in [-0.39, 0.29) is 30.4 Å². The van der Waals surface area contributed by atoms with E-state index >= 15 is 0 Å². The van der Waals surface area contributed by atoms with Gasteiger partial charge >= 0.3 is 0 Å². The molecule has 0 fully saturated rings. The Labute approximate surface area is 157 Å². The van der Waals surface area contributed by atoms with Crippen molar-refractivity contribution < 1.29 is 14.4 Å². The summed E-state index contributed by atoms with van der Waals surface area (Å²) < 4.78 is 0. The van der Waals surface area contributed by atoms with Crippen LogP contribution in [0.4, 0.5) is 5.69 Å². The molecule has 0 atom stereocenters. The largest absolute Gasteiger partial charge is 0.356 e. The minimum atomic E-state index is -0.145. The van der Waals surface area contributed by atoms with E-state index in [1.807, 2.05) is 34.5 Å². The topological polar surface area (TPSA) is 66.5 Å². The maximum absolute atomic E-state index is 12.4. The Morgan fingerprint density at radius 1 is 1.04 bits per heavy atom. The lowest BCUT2D eigenvalue weighted by atomic mass is 10.2. The van der Waals surface area contributed by atoms with Gasteiger partial charge < -0.3 is 10.2 Å². The summed E-state index contributed by atoms with van der Waals surface area (Å²) in [6.07, 6.45) is 2.31. The number of nitrogens with one attached hydrogen (secondary N) is 1. The van der Waals surface area contributed by atoms with E-state index in [1.165, 1.54) is 16.9 Å². The zero-order valence-electron chi connectivity index (χ0n) is 14.6. The summed E-state index contributed by atoms with van der Waals surface area (Å²) in [7, 11) is 0. The van der Waals surface area contributed by atoms with Crippen LogP contribution in [0.1, 0.15) is 40.9 Å². The van der Waals surface area contributed by atoms with Crippen LogP contribution in [-0.2, 0) is 16.0 Å². The summed E-state index contributed by atoms with van der Waals surface area (Å²) in [5, 5.41) is 4.64. The number of Topliss-reactive ketones (excluding diaryl/α,β-unsaturated/α-hetero) is 1. The van der Waals surface area contributed by atoms with Crippen LogP contribution in [0, 0.1) is 0 Å². The average molecular weight is 370 g/mol. The van der Waals surface area contributed by atoms with Crippen LogP contribution in [0.3, 0.4) is 0 Å². The number of carbonyl (C=O) groups is 3. The molecular formula is C20H22N2O3S. The number of hydrogen-bond acceptors (Lipinski definition) is 4. The van der Waals surface area contributed by atoms with Crippen LogP contribution in [0.2, 0.25) is 0 Å². The molecule has 3 rings (SSSR count). The molecule has 6 heteroatoms. The monoisotopic (exact) mass is 370 g/mol. The van der Waals surface area contributed by atoms with Gasteiger partial charge in [-0.2, -0.15) is 0 Å². The average Bonchev–Trinajstić information content (AvgIpc) is 3.32. The normalized spacial score (nSPS) is 12.7. The van der Waals surface area contributed by atoms with Gasteiger partial charge in [-0.15, -0.1) is 11.3 Å². The Morgan fingerprint density at radius 3 is 2.69 bits per heavy atom. The third-order valence-electron chi connectivity index (χ3n) is 4.45. The van der Waals surface area contributed by atoms with Gasteiger partial charge in [0.05, 0.1) is 4.88 Å². The summed E-state index contributed by atoms with van der Waals surface area (Å²) in [4.78, 5) is 38.6. The second kappa shape index (κ2) is 8.76. The fourth-order valence-corrected chi connectivity index (χ4v) is 3.77. The number of carbonyl (C=O) groups excluding carboxylic acids is 3. The predicted octanol–water partition coefficient (Wildman–Crippen LogP) is 3.20. The first-order valence-electron chi connectivity index (χ1n) is 8.87. The number of amides is 2. The number of hydrogen-bond donors (Lipinski definition) is 1. The first-order valence-corrected chi connectivity index (χ1v) is 9.75. The van der Waals surface area contributed by atoms with E-state index in [2.05, 4.69) is 11.4 Å². The summed E-state index contributed by atoms with van der Waals surface area (Å²) in [6.45, 7) is 1.18. The van der Waals surface area contributed by atoms with Gasteiger partial charge in [0.15, 0.2) is 5.78 Å². The Morgan fingerprint density at radius 2 is 1.88 bits per heavy atom. The van der Waals surface area contributed by atoms with Crippen molar-refractivity contribution in [2.24, 2.45) is 0 Å². The number of fused-ring (bicyclic) bond motifs is 1. The quantitative estimate of drug-likeness (QED) is 0.573. The van der Waals surface area contributed by atoms with Crippen molar-refractivity contribution in [1.82, 2.24) is 5.32 Å². The molecule has 2 heterocycles. The molecule has 1 aliphatic rings. The highest BCUT2D eigenvalue weighted by atomic mass is 32.1. The van der Waals surface area contributed by atoms with Gasteiger partial charge in [0, 0.05) is 38.0 Å². The molecule has 26 heavy (non-hydrogen) atoms. The van der Waals surface area contributed by atoms with Crippen molar-refractivity contribution in [3.8, 4) is 0 Å². The third-order valence-corrected chi connectivity index (χ3v) is 5.36. The molecule has 1 aromatic carbocycles. The molecule has 5 nitrogen and oxygen atoms in total. The fraction of sp³-hybridized carbons (Fsp3) is 0.350. The zero-order chi connectivity index (χ0) is 18.4. The molecule has 2 amide bonds. The molecule has 136 valence electrons. The summed E-state index contributed by atoms with van der Waals surface area (Å²) in [6, 6.07) is 11.6. The lowest BCUT2D eigenvalue weighted by Gasteiger charge is -2.17. The molecular weight excluding hydrogens is 348 g/mol. The molecule has 0 unspecified atom stereocenters. The van der Waals surface area contributed by atoms with E-state index in [0.717, 1.165) is 18.7 Å². The van der Waals surface area contributed by atoms with E-state index in [1.54, 1.807) is 6.07 Å². The van der Waals surface area contributed by atoms with Gasteiger partial charge in [0.2, 0.25) is 11.8 Å². The molecule has 0 saturated carbocycles. The van der Waals surface area contributed by atoms with E-state index in [9.17, 15) is 14.4 Å². The minimum absolute atomic E-state index is 0.00183. The minimum Gasteiger partial charge on any atom is -0.356 e. The van der Waals surface area contributed by atoms with Crippen molar-refractivity contribution in [3.63, 3.8) is 0 Å². The molecule has 0 saturated heterocycles. The summed E-state index contributed by atoms with van der Waals surface area (Å²) in [5.74, 6) is -0.0519. The SMILES string of the molecule is O=C(CCC(=O)c1cccs1)NCCCC(=O)N1CCc2ccccc21. The van der Waals surface area contributed by atoms with Crippen LogP contribution in [0.25, 0.3) is 0 Å². The smallest absolute Gasteiger partial charge is 0.227 e. The highest BCUT2D eigenvalue weighted by Crippen LogP contribution is 2.27. The van der Waals surface area contributed by atoms with Crippen LogP contribution in [-0.4, -0.2) is 30.7 Å². The lowest BCUT2D eigenvalue weighted by Crippen LogP contribution is -2.30. The molecule has 1 aromatic heterocycles. The molecule has 2 aromatic rings. The Balaban J connectivity index is 1.33.